The molecule has 4 heterocycles. The monoisotopic (exact) mass is 798 g/mol. The average Bonchev–Trinajstić information content (AvgIpc) is 3.36. The second-order valence-corrected chi connectivity index (χ2v) is 18.4. The zero-order valence-corrected chi connectivity index (χ0v) is 33.1. The Kier molecular flexibility index (Phi) is 7.99. The van der Waals surface area contributed by atoms with Crippen LogP contribution in [0, 0.1) is 11.8 Å². The van der Waals surface area contributed by atoms with Gasteiger partial charge in [0.1, 0.15) is 33.1 Å². The molecule has 6 unspecified atom stereocenters. The number of halogens is 2. The van der Waals surface area contributed by atoms with E-state index in [9.17, 15) is 9.59 Å². The molecule has 12 heteroatoms. The summed E-state index contributed by atoms with van der Waals surface area (Å²) in [6.07, 6.45) is 4.34. The van der Waals surface area contributed by atoms with Crippen molar-refractivity contribution in [2.24, 2.45) is 11.8 Å². The van der Waals surface area contributed by atoms with E-state index >= 15 is 0 Å². The maximum atomic E-state index is 13.4. The highest BCUT2D eigenvalue weighted by Crippen LogP contribution is 2.54. The summed E-state index contributed by atoms with van der Waals surface area (Å²) in [6, 6.07) is 16.7. The zero-order chi connectivity index (χ0) is 37.1. The molecule has 2 amide bonds. The summed E-state index contributed by atoms with van der Waals surface area (Å²) in [6.45, 7) is 11.4. The predicted octanol–water partition coefficient (Wildman–Crippen LogP) is 10.7. The van der Waals surface area contributed by atoms with Crippen LogP contribution in [0.25, 0.3) is 44.2 Å². The number of amides is 2. The van der Waals surface area contributed by atoms with Crippen molar-refractivity contribution in [1.82, 2.24) is 29.7 Å². The number of carbonyl (C=O) groups is 2. The number of hydrogen-bond donors (Lipinski definition) is 2. The lowest BCUT2D eigenvalue weighted by Crippen LogP contribution is -2.46. The van der Waals surface area contributed by atoms with Gasteiger partial charge in [-0.1, -0.05) is 48.0 Å². The number of imidazole rings is 2. The highest BCUT2D eigenvalue weighted by atomic mass is 79.9. The van der Waals surface area contributed by atoms with Gasteiger partial charge in [-0.2, -0.15) is 0 Å². The van der Waals surface area contributed by atoms with Crippen LogP contribution in [0.5, 0.6) is 0 Å². The van der Waals surface area contributed by atoms with E-state index in [1.165, 1.54) is 0 Å². The number of aromatic amines is 2. The largest absolute Gasteiger partial charge is 0.444 e. The summed E-state index contributed by atoms with van der Waals surface area (Å²) in [5, 5.41) is 2.51. The van der Waals surface area contributed by atoms with Crippen molar-refractivity contribution in [1.29, 1.82) is 0 Å². The van der Waals surface area contributed by atoms with E-state index in [1.54, 1.807) is 0 Å². The molecule has 276 valence electrons. The summed E-state index contributed by atoms with van der Waals surface area (Å²) < 4.78 is 12.4. The number of H-pyrrole nitrogens is 2. The average molecular weight is 800 g/mol. The first-order valence-corrected chi connectivity index (χ1v) is 19.8. The van der Waals surface area contributed by atoms with Gasteiger partial charge in [0.05, 0.1) is 28.1 Å². The van der Waals surface area contributed by atoms with E-state index < -0.39 is 11.2 Å². The molecular formula is C41H44BrClN6O4. The molecule has 2 aliphatic heterocycles. The first-order chi connectivity index (χ1) is 25.1. The number of hydrogen-bond acceptors (Lipinski definition) is 6. The zero-order valence-electron chi connectivity index (χ0n) is 30.8. The highest BCUT2D eigenvalue weighted by molar-refractivity contribution is 9.10. The van der Waals surface area contributed by atoms with Gasteiger partial charge in [0.15, 0.2) is 0 Å². The maximum absolute atomic E-state index is 13.4. The lowest BCUT2D eigenvalue weighted by Gasteiger charge is -2.37. The number of ether oxygens (including phenoxy) is 2. The second-order valence-electron chi connectivity index (χ2n) is 17.2. The lowest BCUT2D eigenvalue weighted by atomic mass is 9.80. The first-order valence-electron chi connectivity index (χ1n) is 18.6. The van der Waals surface area contributed by atoms with Gasteiger partial charge in [0.25, 0.3) is 0 Å². The van der Waals surface area contributed by atoms with Crippen LogP contribution < -0.4 is 0 Å². The van der Waals surface area contributed by atoms with E-state index in [4.69, 9.17) is 31.0 Å². The van der Waals surface area contributed by atoms with Gasteiger partial charge in [0.2, 0.25) is 0 Å². The molecule has 9 rings (SSSR count). The highest BCUT2D eigenvalue weighted by Gasteiger charge is 2.56. The van der Waals surface area contributed by atoms with Crippen LogP contribution in [-0.4, -0.2) is 65.2 Å². The minimum Gasteiger partial charge on any atom is -0.444 e. The Morgan fingerprint density at radius 3 is 1.98 bits per heavy atom. The molecule has 2 saturated carbocycles. The van der Waals surface area contributed by atoms with Crippen molar-refractivity contribution in [3.05, 3.63) is 69.8 Å². The van der Waals surface area contributed by atoms with Crippen LogP contribution >= 0.6 is 27.5 Å². The number of benzene rings is 3. The van der Waals surface area contributed by atoms with E-state index in [2.05, 4.69) is 68.4 Å². The van der Waals surface area contributed by atoms with Crippen molar-refractivity contribution in [3.63, 3.8) is 0 Å². The van der Waals surface area contributed by atoms with Gasteiger partial charge in [-0.25, -0.2) is 19.6 Å². The van der Waals surface area contributed by atoms with Crippen molar-refractivity contribution in [2.75, 3.05) is 0 Å². The van der Waals surface area contributed by atoms with Crippen LogP contribution in [0.2, 0.25) is 5.02 Å². The molecule has 2 aromatic heterocycles. The van der Waals surface area contributed by atoms with E-state index in [0.29, 0.717) is 16.9 Å². The summed E-state index contributed by atoms with van der Waals surface area (Å²) in [5.74, 6) is 2.51. The number of piperidine rings is 1. The van der Waals surface area contributed by atoms with Crippen molar-refractivity contribution >= 4 is 61.5 Å². The number of likely N-dealkylation sites (tertiary alicyclic amines) is 2. The molecule has 2 N–H and O–H groups in total. The normalized spacial score (nSPS) is 25.1. The third-order valence-corrected chi connectivity index (χ3v) is 12.2. The van der Waals surface area contributed by atoms with Gasteiger partial charge in [-0.05, 0) is 125 Å². The third-order valence-electron chi connectivity index (χ3n) is 11.3. The summed E-state index contributed by atoms with van der Waals surface area (Å²) in [4.78, 5) is 47.3. The van der Waals surface area contributed by atoms with E-state index in [1.807, 2.05) is 57.4 Å². The molecule has 0 bridgehead atoms. The Bertz CT molecular complexity index is 2290. The lowest BCUT2D eigenvalue weighted by molar-refractivity contribution is 0.00473. The van der Waals surface area contributed by atoms with Gasteiger partial charge in [-0.3, -0.25) is 9.80 Å². The first kappa shape index (κ1) is 34.7. The van der Waals surface area contributed by atoms with Gasteiger partial charge in [-0.15, -0.1) is 0 Å². The Morgan fingerprint density at radius 2 is 1.34 bits per heavy atom. The third kappa shape index (κ3) is 6.17. The minimum atomic E-state index is -0.569. The molecule has 0 spiro atoms. The molecule has 4 fully saturated rings. The van der Waals surface area contributed by atoms with Crippen LogP contribution in [-0.2, 0) is 9.47 Å². The molecule has 10 nitrogen and oxygen atoms in total. The molecular weight excluding hydrogens is 756 g/mol. The second kappa shape index (κ2) is 12.2. The van der Waals surface area contributed by atoms with Gasteiger partial charge < -0.3 is 19.4 Å². The number of aromatic nitrogens is 4. The molecule has 5 aromatic rings. The van der Waals surface area contributed by atoms with Crippen LogP contribution in [0.4, 0.5) is 9.59 Å². The molecule has 6 atom stereocenters. The van der Waals surface area contributed by atoms with Crippen molar-refractivity contribution < 1.29 is 19.1 Å². The van der Waals surface area contributed by atoms with Crippen molar-refractivity contribution in [2.45, 2.75) is 109 Å². The van der Waals surface area contributed by atoms with E-state index in [0.717, 1.165) is 92.5 Å². The van der Waals surface area contributed by atoms with Gasteiger partial charge >= 0.3 is 12.2 Å². The number of nitrogens with zero attached hydrogens (tertiary/aromatic N) is 4. The van der Waals surface area contributed by atoms with Gasteiger partial charge in [0, 0.05) is 28.4 Å². The van der Waals surface area contributed by atoms with Crippen molar-refractivity contribution in [3.8, 4) is 22.4 Å². The van der Waals surface area contributed by atoms with Crippen LogP contribution in [0.1, 0.15) is 97.4 Å². The van der Waals surface area contributed by atoms with Crippen LogP contribution in [0.15, 0.2) is 53.1 Å². The number of fused-ring (bicyclic) bond motifs is 5. The molecule has 4 aliphatic rings. The quantitative estimate of drug-likeness (QED) is 0.187. The number of nitrogens with one attached hydrogen (secondary N) is 2. The molecule has 2 aliphatic carbocycles. The fraction of sp³-hybridized carbons (Fsp3) is 0.463. The topological polar surface area (TPSA) is 116 Å². The van der Waals surface area contributed by atoms with Crippen LogP contribution in [0.3, 0.4) is 0 Å². The summed E-state index contributed by atoms with van der Waals surface area (Å²) >= 11 is 10.6. The summed E-state index contributed by atoms with van der Waals surface area (Å²) in [5.41, 5.74) is 4.40. The summed E-state index contributed by atoms with van der Waals surface area (Å²) in [7, 11) is 0. The smallest absolute Gasteiger partial charge is 0.411 e. The molecule has 0 radical (unpaired) electrons. The molecule has 2 saturated heterocycles. The maximum Gasteiger partial charge on any atom is 0.411 e. The number of carbonyl (C=O) groups excluding carboxylic acids is 2. The molecule has 3 aromatic carbocycles. The fourth-order valence-corrected chi connectivity index (χ4v) is 9.45. The Balaban J connectivity index is 0.973. The Morgan fingerprint density at radius 1 is 0.736 bits per heavy atom. The fourth-order valence-electron chi connectivity index (χ4n) is 8.67. The standard InChI is InChI=1S/C41H44BrClN6O4/c1-40(2,3)52-38(50)48-29-14-12-23(29)16-31(48)36-44-28-19-27(43)26-15-22(11-13-25(26)34(28)46-36)20-7-9-21(10-8-20)33-35(42)47-37(45-33)32-18-24-17-30(24)49(32)39(51)53-41(4,5)6/h7-11,13,15,19,23-24,29-32H,12,14,16-18H2,1-6H3,(H,44,46)(H,45,47). The number of rotatable bonds is 4. The van der Waals surface area contributed by atoms with E-state index in [-0.39, 0.29) is 36.4 Å². The Labute approximate surface area is 322 Å². The molecule has 53 heavy (non-hydrogen) atoms. The minimum absolute atomic E-state index is 0.144. The predicted molar refractivity (Wildman–Crippen MR) is 209 cm³/mol. The SMILES string of the molecule is CC(C)(C)OC(=O)N1C(c2nc(-c3ccc(-c4ccc5c(c4)c(Cl)cc4[nH]c(C6CC7CCC7N6C(=O)OC(C)(C)C)nc45)cc3)c(Br)[nH]2)CC2CC21. The Hall–Kier alpha value is -4.09.